The van der Waals surface area contributed by atoms with Crippen LogP contribution < -0.4 is 16.4 Å². The highest BCUT2D eigenvalue weighted by atomic mass is 16.1. The Morgan fingerprint density at radius 1 is 1.30 bits per heavy atom. The van der Waals surface area contributed by atoms with Gasteiger partial charge in [0.05, 0.1) is 5.70 Å². The Morgan fingerprint density at radius 2 is 2.05 bits per heavy atom. The van der Waals surface area contributed by atoms with E-state index < -0.39 is 0 Å². The monoisotopic (exact) mass is 271 g/mol. The van der Waals surface area contributed by atoms with Crippen LogP contribution in [0.3, 0.4) is 0 Å². The largest absolute Gasteiger partial charge is 0.403 e. The van der Waals surface area contributed by atoms with Gasteiger partial charge in [0, 0.05) is 36.3 Å². The van der Waals surface area contributed by atoms with Gasteiger partial charge < -0.3 is 16.4 Å². The van der Waals surface area contributed by atoms with Gasteiger partial charge in [-0.1, -0.05) is 12.1 Å². The molecular formula is C15H17N3O2. The van der Waals surface area contributed by atoms with Gasteiger partial charge in [-0.05, 0) is 24.3 Å². The van der Waals surface area contributed by atoms with Gasteiger partial charge in [-0.15, -0.1) is 0 Å². The van der Waals surface area contributed by atoms with Crippen LogP contribution in [0, 0.1) is 0 Å². The zero-order chi connectivity index (χ0) is 15.0. The summed E-state index contributed by atoms with van der Waals surface area (Å²) in [5.41, 5.74) is 13.6. The molecule has 1 aromatic rings. The van der Waals surface area contributed by atoms with Gasteiger partial charge in [-0.3, -0.25) is 9.59 Å². The number of hydrogen-bond donors (Lipinski definition) is 2. The maximum absolute atomic E-state index is 10.9. The van der Waals surface area contributed by atoms with Crippen LogP contribution in [0.1, 0.15) is 5.56 Å². The summed E-state index contributed by atoms with van der Waals surface area (Å²) < 4.78 is 0. The number of carbonyl (C=O) groups excluding carboxylic acids is 2. The van der Waals surface area contributed by atoms with Crippen LogP contribution in [0.2, 0.25) is 0 Å². The summed E-state index contributed by atoms with van der Waals surface area (Å²) >= 11 is 0. The number of nitrogens with two attached hydrogens (primary N) is 2. The van der Waals surface area contributed by atoms with Gasteiger partial charge in [0.2, 0.25) is 0 Å². The van der Waals surface area contributed by atoms with E-state index in [1.54, 1.807) is 18.1 Å². The van der Waals surface area contributed by atoms with E-state index in [1.165, 1.54) is 18.4 Å². The van der Waals surface area contributed by atoms with Crippen molar-refractivity contribution in [2.75, 3.05) is 11.9 Å². The standard InChI is InChI=1S/C15H17N3O2/c1-18(10-12(11-20)4-3-7-19)14-6-2-5-13(8-14)15(17)9-16/h2-11H,16-17H2,1H3/b4-3-,12-10+,15-9-. The van der Waals surface area contributed by atoms with Crippen molar-refractivity contribution in [2.24, 2.45) is 11.5 Å². The Hall–Kier alpha value is -2.82. The second kappa shape index (κ2) is 7.58. The Kier molecular flexibility index (Phi) is 5.77. The quantitative estimate of drug-likeness (QED) is 0.460. The van der Waals surface area contributed by atoms with Crippen LogP contribution in [-0.2, 0) is 9.59 Å². The number of benzene rings is 1. The molecule has 5 nitrogen and oxygen atoms in total. The second-order valence-electron chi connectivity index (χ2n) is 4.03. The first-order valence-corrected chi connectivity index (χ1v) is 5.92. The summed E-state index contributed by atoms with van der Waals surface area (Å²) in [5.74, 6) is 0. The number of allylic oxidation sites excluding steroid dienone is 3. The molecule has 0 aromatic heterocycles. The molecule has 1 rings (SSSR count). The Bertz CT molecular complexity index is 574. The molecule has 0 amide bonds. The first-order valence-electron chi connectivity index (χ1n) is 5.92. The predicted octanol–water partition coefficient (Wildman–Crippen LogP) is 1.18. The average molecular weight is 271 g/mol. The number of rotatable bonds is 6. The van der Waals surface area contributed by atoms with Gasteiger partial charge in [0.15, 0.2) is 6.29 Å². The SMILES string of the molecule is CN(/C=C(C=O)\C=C/C=O)c1cccc(/C(N)=C/N)c1. The van der Waals surface area contributed by atoms with E-state index in [4.69, 9.17) is 11.5 Å². The minimum Gasteiger partial charge on any atom is -0.403 e. The molecule has 5 heteroatoms. The van der Waals surface area contributed by atoms with Crippen LogP contribution in [0.25, 0.3) is 5.70 Å². The topological polar surface area (TPSA) is 89.4 Å². The van der Waals surface area contributed by atoms with Crippen LogP contribution in [0.15, 0.2) is 54.4 Å². The third kappa shape index (κ3) is 4.13. The lowest BCUT2D eigenvalue weighted by Crippen LogP contribution is -2.10. The highest BCUT2D eigenvalue weighted by Crippen LogP contribution is 2.18. The fourth-order valence-corrected chi connectivity index (χ4v) is 1.56. The summed E-state index contributed by atoms with van der Waals surface area (Å²) in [6.07, 6.45) is 6.94. The molecule has 0 spiro atoms. The first kappa shape index (κ1) is 15.2. The molecule has 0 saturated carbocycles. The fourth-order valence-electron chi connectivity index (χ4n) is 1.56. The van der Waals surface area contributed by atoms with Crippen molar-refractivity contribution in [3.05, 3.63) is 60.0 Å². The summed E-state index contributed by atoms with van der Waals surface area (Å²) in [5, 5.41) is 0. The molecule has 0 saturated heterocycles. The van der Waals surface area contributed by atoms with Gasteiger partial charge in [-0.25, -0.2) is 0 Å². The third-order valence-corrected chi connectivity index (χ3v) is 2.61. The maximum atomic E-state index is 10.9. The van der Waals surface area contributed by atoms with E-state index in [2.05, 4.69) is 0 Å². The van der Waals surface area contributed by atoms with Crippen LogP contribution in [-0.4, -0.2) is 19.6 Å². The molecule has 0 fully saturated rings. The second-order valence-corrected chi connectivity index (χ2v) is 4.03. The molecule has 0 heterocycles. The zero-order valence-electron chi connectivity index (χ0n) is 11.2. The predicted molar refractivity (Wildman–Crippen MR) is 80.5 cm³/mol. The molecule has 0 radical (unpaired) electrons. The number of anilines is 1. The number of carbonyl (C=O) groups is 2. The first-order chi connectivity index (χ1) is 9.62. The molecule has 104 valence electrons. The molecule has 20 heavy (non-hydrogen) atoms. The van der Waals surface area contributed by atoms with E-state index in [1.807, 2.05) is 24.3 Å². The van der Waals surface area contributed by atoms with E-state index in [0.717, 1.165) is 11.3 Å². The molecule has 0 aliphatic carbocycles. The fraction of sp³-hybridized carbons (Fsp3) is 0.0667. The third-order valence-electron chi connectivity index (χ3n) is 2.61. The van der Waals surface area contributed by atoms with Crippen molar-refractivity contribution in [1.29, 1.82) is 0 Å². The van der Waals surface area contributed by atoms with E-state index >= 15 is 0 Å². The van der Waals surface area contributed by atoms with E-state index in [-0.39, 0.29) is 0 Å². The number of nitrogens with zero attached hydrogens (tertiary/aromatic N) is 1. The van der Waals surface area contributed by atoms with Crippen LogP contribution in [0.5, 0.6) is 0 Å². The van der Waals surface area contributed by atoms with Crippen molar-refractivity contribution in [2.45, 2.75) is 0 Å². The summed E-state index contributed by atoms with van der Waals surface area (Å²) in [6.45, 7) is 0. The van der Waals surface area contributed by atoms with Crippen molar-refractivity contribution in [1.82, 2.24) is 0 Å². The summed E-state index contributed by atoms with van der Waals surface area (Å²) in [6, 6.07) is 7.40. The average Bonchev–Trinajstić information content (AvgIpc) is 2.50. The minimum absolute atomic E-state index is 0.382. The zero-order valence-corrected chi connectivity index (χ0v) is 11.2. The molecule has 0 atom stereocenters. The molecule has 0 aliphatic heterocycles. The minimum atomic E-state index is 0.382. The smallest absolute Gasteiger partial charge is 0.151 e. The normalized spacial score (nSPS) is 12.4. The summed E-state index contributed by atoms with van der Waals surface area (Å²) in [4.78, 5) is 22.9. The van der Waals surface area contributed by atoms with Gasteiger partial charge in [0.25, 0.3) is 0 Å². The lowest BCUT2D eigenvalue weighted by molar-refractivity contribution is -0.104. The molecule has 1 aromatic carbocycles. The molecule has 4 N–H and O–H groups in total. The van der Waals surface area contributed by atoms with Crippen molar-refractivity contribution in [3.8, 4) is 0 Å². The Balaban J connectivity index is 3.05. The van der Waals surface area contributed by atoms with Crippen LogP contribution in [0.4, 0.5) is 5.69 Å². The van der Waals surface area contributed by atoms with E-state index in [0.29, 0.717) is 23.8 Å². The van der Waals surface area contributed by atoms with E-state index in [9.17, 15) is 9.59 Å². The van der Waals surface area contributed by atoms with Crippen molar-refractivity contribution >= 4 is 24.0 Å². The highest BCUT2D eigenvalue weighted by molar-refractivity contribution is 5.81. The highest BCUT2D eigenvalue weighted by Gasteiger charge is 2.02. The molecule has 0 unspecified atom stereocenters. The lowest BCUT2D eigenvalue weighted by Gasteiger charge is -2.16. The molecular weight excluding hydrogens is 254 g/mol. The Labute approximate surface area is 117 Å². The number of hydrogen-bond acceptors (Lipinski definition) is 5. The van der Waals surface area contributed by atoms with Gasteiger partial charge in [0.1, 0.15) is 6.29 Å². The number of aldehydes is 2. The lowest BCUT2D eigenvalue weighted by atomic mass is 10.1. The van der Waals surface area contributed by atoms with Gasteiger partial charge >= 0.3 is 0 Å². The summed E-state index contributed by atoms with van der Waals surface area (Å²) in [7, 11) is 1.79. The van der Waals surface area contributed by atoms with Gasteiger partial charge in [-0.2, -0.15) is 0 Å². The molecule has 0 aliphatic rings. The van der Waals surface area contributed by atoms with Crippen LogP contribution >= 0.6 is 0 Å². The van der Waals surface area contributed by atoms with Crippen molar-refractivity contribution in [3.63, 3.8) is 0 Å². The maximum Gasteiger partial charge on any atom is 0.151 e. The van der Waals surface area contributed by atoms with Crippen molar-refractivity contribution < 1.29 is 9.59 Å². The Morgan fingerprint density at radius 3 is 2.65 bits per heavy atom. The molecule has 0 bridgehead atoms.